The van der Waals surface area contributed by atoms with E-state index in [1.54, 1.807) is 11.1 Å². The molecule has 2 rings (SSSR count). The van der Waals surface area contributed by atoms with Gasteiger partial charge in [0.05, 0.1) is 0 Å². The van der Waals surface area contributed by atoms with E-state index < -0.39 is 0 Å². The van der Waals surface area contributed by atoms with Crippen LogP contribution < -0.4 is 0 Å². The summed E-state index contributed by atoms with van der Waals surface area (Å²) in [7, 11) is 0. The molecule has 0 saturated heterocycles. The summed E-state index contributed by atoms with van der Waals surface area (Å²) in [6, 6.07) is 6.82. The zero-order chi connectivity index (χ0) is 11.9. The molecule has 88 valence electrons. The Hall–Kier alpha value is -0.780. The van der Waals surface area contributed by atoms with E-state index in [0.717, 1.165) is 11.8 Å². The maximum absolute atomic E-state index is 2.39. The highest BCUT2D eigenvalue weighted by Gasteiger charge is 2.44. The van der Waals surface area contributed by atoms with Crippen LogP contribution in [0.4, 0.5) is 0 Å². The summed E-state index contributed by atoms with van der Waals surface area (Å²) in [6.07, 6.45) is 2.61. The van der Waals surface area contributed by atoms with Gasteiger partial charge in [-0.2, -0.15) is 0 Å². The standard InChI is InChI=1S/C16H24/c1-11(2)16(12(3)4)10-9-14-8-6-7-13(5)15(14)16/h6-8,11-12H,9-10H2,1-5H3. The molecule has 0 spiro atoms. The number of hydrogen-bond acceptors (Lipinski definition) is 0. The van der Waals surface area contributed by atoms with Gasteiger partial charge in [-0.15, -0.1) is 0 Å². The van der Waals surface area contributed by atoms with Crippen molar-refractivity contribution < 1.29 is 0 Å². The Balaban J connectivity index is 2.63. The summed E-state index contributed by atoms with van der Waals surface area (Å²) in [5.41, 5.74) is 5.18. The van der Waals surface area contributed by atoms with Crippen molar-refractivity contribution in [1.82, 2.24) is 0 Å². The molecule has 0 N–H and O–H groups in total. The second kappa shape index (κ2) is 3.91. The van der Waals surface area contributed by atoms with Crippen molar-refractivity contribution in [3.63, 3.8) is 0 Å². The van der Waals surface area contributed by atoms with Gasteiger partial charge in [-0.05, 0) is 48.3 Å². The first-order chi connectivity index (χ1) is 7.50. The Labute approximate surface area is 100 Å². The van der Waals surface area contributed by atoms with E-state index in [2.05, 4.69) is 52.8 Å². The molecule has 0 unspecified atom stereocenters. The lowest BCUT2D eigenvalue weighted by Crippen LogP contribution is -2.36. The molecule has 1 aromatic carbocycles. The van der Waals surface area contributed by atoms with Gasteiger partial charge < -0.3 is 0 Å². The normalized spacial score (nSPS) is 18.2. The van der Waals surface area contributed by atoms with Gasteiger partial charge in [0.25, 0.3) is 0 Å². The fourth-order valence-electron chi connectivity index (χ4n) is 3.89. The van der Waals surface area contributed by atoms with Crippen LogP contribution in [-0.4, -0.2) is 0 Å². The third-order valence-corrected chi connectivity index (χ3v) is 4.69. The molecule has 16 heavy (non-hydrogen) atoms. The Bertz CT molecular complexity index is 377. The molecule has 0 nitrogen and oxygen atoms in total. The number of aryl methyl sites for hydroxylation is 2. The summed E-state index contributed by atoms with van der Waals surface area (Å²) in [5.74, 6) is 1.46. The quantitative estimate of drug-likeness (QED) is 0.683. The van der Waals surface area contributed by atoms with Crippen LogP contribution in [0.5, 0.6) is 0 Å². The molecular weight excluding hydrogens is 192 g/mol. The Kier molecular flexibility index (Phi) is 2.86. The molecule has 0 amide bonds. The van der Waals surface area contributed by atoms with Crippen molar-refractivity contribution in [1.29, 1.82) is 0 Å². The zero-order valence-electron chi connectivity index (χ0n) is 11.3. The molecule has 0 saturated carbocycles. The van der Waals surface area contributed by atoms with E-state index >= 15 is 0 Å². The SMILES string of the molecule is Cc1cccc2c1C(C(C)C)(C(C)C)CC2. The van der Waals surface area contributed by atoms with Gasteiger partial charge in [-0.25, -0.2) is 0 Å². The minimum Gasteiger partial charge on any atom is -0.0619 e. The van der Waals surface area contributed by atoms with Gasteiger partial charge in [0, 0.05) is 5.41 Å². The topological polar surface area (TPSA) is 0 Å². The van der Waals surface area contributed by atoms with Crippen LogP contribution in [0.25, 0.3) is 0 Å². The van der Waals surface area contributed by atoms with Crippen LogP contribution in [-0.2, 0) is 11.8 Å². The zero-order valence-corrected chi connectivity index (χ0v) is 11.3. The van der Waals surface area contributed by atoms with Crippen LogP contribution >= 0.6 is 0 Å². The number of rotatable bonds is 2. The first-order valence-electron chi connectivity index (χ1n) is 6.59. The molecule has 0 bridgehead atoms. The van der Waals surface area contributed by atoms with Crippen molar-refractivity contribution in [3.05, 3.63) is 34.9 Å². The van der Waals surface area contributed by atoms with E-state index in [4.69, 9.17) is 0 Å². The lowest BCUT2D eigenvalue weighted by molar-refractivity contribution is 0.217. The summed E-state index contributed by atoms with van der Waals surface area (Å²) in [4.78, 5) is 0. The fraction of sp³-hybridized carbons (Fsp3) is 0.625. The average molecular weight is 216 g/mol. The number of fused-ring (bicyclic) bond motifs is 1. The van der Waals surface area contributed by atoms with E-state index in [1.165, 1.54) is 18.4 Å². The average Bonchev–Trinajstić information content (AvgIpc) is 2.59. The van der Waals surface area contributed by atoms with Crippen LogP contribution in [0.3, 0.4) is 0 Å². The predicted octanol–water partition coefficient (Wildman–Crippen LogP) is 4.49. The summed E-state index contributed by atoms with van der Waals surface area (Å²) >= 11 is 0. The van der Waals surface area contributed by atoms with Crippen molar-refractivity contribution in [3.8, 4) is 0 Å². The van der Waals surface area contributed by atoms with Gasteiger partial charge in [0.1, 0.15) is 0 Å². The van der Waals surface area contributed by atoms with Crippen molar-refractivity contribution in [2.45, 2.75) is 52.9 Å². The molecule has 1 aromatic rings. The van der Waals surface area contributed by atoms with Crippen LogP contribution in [0.15, 0.2) is 18.2 Å². The third-order valence-electron chi connectivity index (χ3n) is 4.69. The van der Waals surface area contributed by atoms with E-state index in [-0.39, 0.29) is 0 Å². The third kappa shape index (κ3) is 1.43. The molecule has 0 radical (unpaired) electrons. The van der Waals surface area contributed by atoms with Gasteiger partial charge in [0.2, 0.25) is 0 Å². The summed E-state index contributed by atoms with van der Waals surface area (Å²) < 4.78 is 0. The highest BCUT2D eigenvalue weighted by molar-refractivity contribution is 5.45. The van der Waals surface area contributed by atoms with Crippen molar-refractivity contribution in [2.75, 3.05) is 0 Å². The Morgan fingerprint density at radius 2 is 1.69 bits per heavy atom. The first-order valence-corrected chi connectivity index (χ1v) is 6.59. The minimum atomic E-state index is 0.417. The molecular formula is C16H24. The molecule has 0 atom stereocenters. The number of hydrogen-bond donors (Lipinski definition) is 0. The highest BCUT2D eigenvalue weighted by Crippen LogP contribution is 2.50. The van der Waals surface area contributed by atoms with Gasteiger partial charge >= 0.3 is 0 Å². The highest BCUT2D eigenvalue weighted by atomic mass is 14.5. The lowest BCUT2D eigenvalue weighted by Gasteiger charge is -2.40. The van der Waals surface area contributed by atoms with E-state index in [0.29, 0.717) is 5.41 Å². The molecule has 0 heterocycles. The maximum Gasteiger partial charge on any atom is 0.000745 e. The Morgan fingerprint density at radius 3 is 2.25 bits per heavy atom. The van der Waals surface area contributed by atoms with Crippen LogP contribution in [0.1, 0.15) is 50.8 Å². The summed E-state index contributed by atoms with van der Waals surface area (Å²) in [5, 5.41) is 0. The molecule has 1 aliphatic rings. The van der Waals surface area contributed by atoms with Crippen LogP contribution in [0, 0.1) is 18.8 Å². The fourth-order valence-corrected chi connectivity index (χ4v) is 3.89. The van der Waals surface area contributed by atoms with Crippen LogP contribution in [0.2, 0.25) is 0 Å². The lowest BCUT2D eigenvalue weighted by atomic mass is 9.64. The largest absolute Gasteiger partial charge is 0.0619 e. The van der Waals surface area contributed by atoms with E-state index in [9.17, 15) is 0 Å². The molecule has 0 aromatic heterocycles. The smallest absolute Gasteiger partial charge is 0.000745 e. The number of benzene rings is 1. The van der Waals surface area contributed by atoms with Crippen molar-refractivity contribution >= 4 is 0 Å². The second-order valence-electron chi connectivity index (χ2n) is 5.96. The molecule has 0 heteroatoms. The van der Waals surface area contributed by atoms with E-state index in [1.807, 2.05) is 0 Å². The van der Waals surface area contributed by atoms with Crippen molar-refractivity contribution in [2.24, 2.45) is 11.8 Å². The maximum atomic E-state index is 2.39. The van der Waals surface area contributed by atoms with Gasteiger partial charge in [-0.1, -0.05) is 45.9 Å². The van der Waals surface area contributed by atoms with Gasteiger partial charge in [-0.3, -0.25) is 0 Å². The molecule has 0 fully saturated rings. The first kappa shape index (κ1) is 11.7. The molecule has 0 aliphatic heterocycles. The predicted molar refractivity (Wildman–Crippen MR) is 70.9 cm³/mol. The minimum absolute atomic E-state index is 0.417. The monoisotopic (exact) mass is 216 g/mol. The second-order valence-corrected chi connectivity index (χ2v) is 5.96. The van der Waals surface area contributed by atoms with Gasteiger partial charge in [0.15, 0.2) is 0 Å². The Morgan fingerprint density at radius 1 is 1.06 bits per heavy atom. The molecule has 1 aliphatic carbocycles. The summed E-state index contributed by atoms with van der Waals surface area (Å²) in [6.45, 7) is 11.8.